The molecule has 0 atom stereocenters. The van der Waals surface area contributed by atoms with Crippen LogP contribution in [-0.4, -0.2) is 56.3 Å². The van der Waals surface area contributed by atoms with Crippen LogP contribution in [0.5, 0.6) is 5.75 Å². The van der Waals surface area contributed by atoms with Crippen molar-refractivity contribution in [3.8, 4) is 5.75 Å². The first-order valence-corrected chi connectivity index (χ1v) is 10.6. The number of aryl methyl sites for hydroxylation is 2. The van der Waals surface area contributed by atoms with E-state index in [0.717, 1.165) is 33.6 Å². The van der Waals surface area contributed by atoms with Gasteiger partial charge in [0.05, 0.1) is 0 Å². The van der Waals surface area contributed by atoms with Crippen LogP contribution in [0.2, 0.25) is 0 Å². The normalized spacial score (nSPS) is 15.4. The predicted molar refractivity (Wildman–Crippen MR) is 103 cm³/mol. The van der Waals surface area contributed by atoms with Gasteiger partial charge in [-0.05, 0) is 37.6 Å². The third-order valence-corrected chi connectivity index (χ3v) is 6.74. The number of nitrogens with zero attached hydrogens (tertiary/aromatic N) is 2. The van der Waals surface area contributed by atoms with Gasteiger partial charge in [0.15, 0.2) is 11.5 Å². The molecule has 0 radical (unpaired) electrons. The summed E-state index contributed by atoms with van der Waals surface area (Å²) < 4.78 is 59.6. The Hall–Kier alpha value is -2.52. The molecule has 1 saturated heterocycles. The van der Waals surface area contributed by atoms with Gasteiger partial charge in [-0.2, -0.15) is 4.31 Å². The summed E-state index contributed by atoms with van der Waals surface area (Å²) in [6.07, 6.45) is 0. The molecule has 0 spiro atoms. The van der Waals surface area contributed by atoms with Crippen LogP contribution in [0.25, 0.3) is 0 Å². The van der Waals surface area contributed by atoms with E-state index in [-0.39, 0.29) is 38.7 Å². The molecule has 6 nitrogen and oxygen atoms in total. The number of ether oxygens (including phenoxy) is 1. The van der Waals surface area contributed by atoms with E-state index in [1.807, 2.05) is 26.0 Å². The number of carbonyl (C=O) groups is 1. The molecule has 0 bridgehead atoms. The van der Waals surface area contributed by atoms with Crippen molar-refractivity contribution in [2.75, 3.05) is 32.8 Å². The zero-order valence-corrected chi connectivity index (χ0v) is 17.0. The van der Waals surface area contributed by atoms with Gasteiger partial charge >= 0.3 is 0 Å². The smallest absolute Gasteiger partial charge is 0.260 e. The molecule has 0 unspecified atom stereocenters. The fourth-order valence-corrected chi connectivity index (χ4v) is 4.76. The molecule has 0 N–H and O–H groups in total. The highest BCUT2D eigenvalue weighted by atomic mass is 32.2. The Bertz CT molecular complexity index is 999. The molecule has 0 aromatic heterocycles. The van der Waals surface area contributed by atoms with Crippen LogP contribution in [0.4, 0.5) is 8.78 Å². The number of rotatable bonds is 5. The topological polar surface area (TPSA) is 66.9 Å². The summed E-state index contributed by atoms with van der Waals surface area (Å²) in [6.45, 7) is 3.81. The largest absolute Gasteiger partial charge is 0.484 e. The van der Waals surface area contributed by atoms with Gasteiger partial charge in [0.2, 0.25) is 10.0 Å². The summed E-state index contributed by atoms with van der Waals surface area (Å²) >= 11 is 0. The number of amides is 1. The number of carbonyl (C=O) groups excluding carboxylic acids is 1. The molecule has 9 heteroatoms. The van der Waals surface area contributed by atoms with Gasteiger partial charge in [-0.3, -0.25) is 4.79 Å². The monoisotopic (exact) mass is 424 g/mol. The highest BCUT2D eigenvalue weighted by molar-refractivity contribution is 7.89. The number of hydrogen-bond acceptors (Lipinski definition) is 4. The van der Waals surface area contributed by atoms with Crippen LogP contribution in [0.15, 0.2) is 41.3 Å². The highest BCUT2D eigenvalue weighted by Crippen LogP contribution is 2.24. The molecule has 0 saturated carbocycles. The van der Waals surface area contributed by atoms with E-state index < -0.39 is 26.6 Å². The second-order valence-corrected chi connectivity index (χ2v) is 8.77. The molecule has 2 aromatic carbocycles. The van der Waals surface area contributed by atoms with Gasteiger partial charge in [-0.25, -0.2) is 17.2 Å². The van der Waals surface area contributed by atoms with E-state index in [0.29, 0.717) is 5.75 Å². The summed E-state index contributed by atoms with van der Waals surface area (Å²) in [6, 6.07) is 8.55. The van der Waals surface area contributed by atoms with Crippen LogP contribution in [-0.2, 0) is 14.8 Å². The average Bonchev–Trinajstić information content (AvgIpc) is 2.67. The summed E-state index contributed by atoms with van der Waals surface area (Å²) in [4.78, 5) is 12.9. The maximum Gasteiger partial charge on any atom is 0.260 e. The van der Waals surface area contributed by atoms with E-state index in [1.54, 1.807) is 6.07 Å². The third-order valence-electron chi connectivity index (χ3n) is 4.79. The minimum Gasteiger partial charge on any atom is -0.484 e. The van der Waals surface area contributed by atoms with Crippen molar-refractivity contribution in [1.82, 2.24) is 9.21 Å². The molecule has 1 aliphatic heterocycles. The summed E-state index contributed by atoms with van der Waals surface area (Å²) in [7, 11) is -4.32. The number of sulfonamides is 1. The zero-order chi connectivity index (χ0) is 21.2. The fraction of sp³-hybridized carbons (Fsp3) is 0.350. The van der Waals surface area contributed by atoms with Crippen LogP contribution in [0.3, 0.4) is 0 Å². The summed E-state index contributed by atoms with van der Waals surface area (Å²) in [5.41, 5.74) is 2.01. The van der Waals surface area contributed by atoms with Gasteiger partial charge in [-0.1, -0.05) is 23.8 Å². The zero-order valence-electron chi connectivity index (χ0n) is 16.2. The van der Waals surface area contributed by atoms with E-state index in [4.69, 9.17) is 4.74 Å². The second kappa shape index (κ2) is 8.46. The van der Waals surface area contributed by atoms with Gasteiger partial charge in [0.1, 0.15) is 17.4 Å². The van der Waals surface area contributed by atoms with Crippen molar-refractivity contribution in [1.29, 1.82) is 0 Å². The van der Waals surface area contributed by atoms with E-state index in [2.05, 4.69) is 0 Å². The first kappa shape index (κ1) is 21.2. The van der Waals surface area contributed by atoms with Crippen molar-refractivity contribution in [2.24, 2.45) is 0 Å². The van der Waals surface area contributed by atoms with Crippen molar-refractivity contribution >= 4 is 15.9 Å². The second-order valence-electron chi connectivity index (χ2n) is 6.89. The summed E-state index contributed by atoms with van der Waals surface area (Å²) in [5, 5.41) is 0. The number of piperazine rings is 1. The van der Waals surface area contributed by atoms with E-state index >= 15 is 0 Å². The lowest BCUT2D eigenvalue weighted by molar-refractivity contribution is -0.134. The van der Waals surface area contributed by atoms with Crippen molar-refractivity contribution in [3.05, 3.63) is 59.2 Å². The van der Waals surface area contributed by atoms with Crippen LogP contribution in [0.1, 0.15) is 11.1 Å². The molecule has 156 valence electrons. The molecule has 1 aliphatic rings. The maximum atomic E-state index is 13.9. The molecule has 29 heavy (non-hydrogen) atoms. The first-order valence-electron chi connectivity index (χ1n) is 9.12. The Kier molecular flexibility index (Phi) is 6.18. The number of halogens is 2. The Balaban J connectivity index is 1.60. The quantitative estimate of drug-likeness (QED) is 0.740. The minimum atomic E-state index is -4.32. The average molecular weight is 424 g/mol. The lowest BCUT2D eigenvalue weighted by Gasteiger charge is -2.34. The van der Waals surface area contributed by atoms with Crippen molar-refractivity contribution < 1.29 is 26.7 Å². The van der Waals surface area contributed by atoms with Crippen molar-refractivity contribution in [3.63, 3.8) is 0 Å². The van der Waals surface area contributed by atoms with Gasteiger partial charge < -0.3 is 9.64 Å². The molecule has 1 amide bonds. The first-order chi connectivity index (χ1) is 13.7. The molecule has 0 aliphatic carbocycles. The molecular weight excluding hydrogens is 402 g/mol. The lowest BCUT2D eigenvalue weighted by Crippen LogP contribution is -2.51. The Labute approximate surface area is 168 Å². The maximum absolute atomic E-state index is 13.9. The Morgan fingerprint density at radius 2 is 1.66 bits per heavy atom. The van der Waals surface area contributed by atoms with Crippen LogP contribution >= 0.6 is 0 Å². The van der Waals surface area contributed by atoms with Gasteiger partial charge in [-0.15, -0.1) is 0 Å². The molecule has 1 heterocycles. The molecule has 1 fully saturated rings. The van der Waals surface area contributed by atoms with Crippen LogP contribution in [0, 0.1) is 25.5 Å². The van der Waals surface area contributed by atoms with E-state index in [1.165, 1.54) is 4.90 Å². The Morgan fingerprint density at radius 3 is 2.24 bits per heavy atom. The standard InChI is InChI=1S/C20H22F2N2O4S/c1-14-6-7-18(15(2)12-14)28-13-19(25)23-8-10-24(11-9-23)29(26,27)20-16(21)4-3-5-17(20)22/h3-7,12H,8-11,13H2,1-2H3. The fourth-order valence-electron chi connectivity index (χ4n) is 3.23. The third kappa shape index (κ3) is 4.56. The van der Waals surface area contributed by atoms with Crippen molar-refractivity contribution in [2.45, 2.75) is 18.7 Å². The van der Waals surface area contributed by atoms with Gasteiger partial charge in [0.25, 0.3) is 5.91 Å². The molecule has 3 rings (SSSR count). The van der Waals surface area contributed by atoms with E-state index in [9.17, 15) is 22.0 Å². The Morgan fingerprint density at radius 1 is 1.03 bits per heavy atom. The minimum absolute atomic E-state index is 0.0502. The van der Waals surface area contributed by atoms with Gasteiger partial charge in [0, 0.05) is 26.2 Å². The molecule has 2 aromatic rings. The predicted octanol–water partition coefficient (Wildman–Crippen LogP) is 2.49. The highest BCUT2D eigenvalue weighted by Gasteiger charge is 2.34. The number of hydrogen-bond donors (Lipinski definition) is 0. The summed E-state index contributed by atoms with van der Waals surface area (Å²) in [5.74, 6) is -1.94. The number of benzene rings is 2. The van der Waals surface area contributed by atoms with Crippen LogP contribution < -0.4 is 4.74 Å². The SMILES string of the molecule is Cc1ccc(OCC(=O)N2CCN(S(=O)(=O)c3c(F)cccc3F)CC2)c(C)c1. The molecular formula is C20H22F2N2O4S. The lowest BCUT2D eigenvalue weighted by atomic mass is 10.1.